The largest absolute Gasteiger partial charge is 0.349 e. The number of fused-ring (bicyclic) bond motifs is 2. The number of rotatable bonds is 3. The number of amides is 2. The molecule has 0 spiro atoms. The summed E-state index contributed by atoms with van der Waals surface area (Å²) in [5.74, 6) is 0.963. The van der Waals surface area contributed by atoms with Crippen molar-refractivity contribution in [2.75, 3.05) is 13.1 Å². The predicted molar refractivity (Wildman–Crippen MR) is 98.6 cm³/mol. The Labute approximate surface area is 157 Å². The van der Waals surface area contributed by atoms with Gasteiger partial charge in [0.15, 0.2) is 4.96 Å². The first-order chi connectivity index (χ1) is 12.7. The van der Waals surface area contributed by atoms with Crippen molar-refractivity contribution >= 4 is 39.4 Å². The van der Waals surface area contributed by atoms with Crippen molar-refractivity contribution in [3.8, 4) is 0 Å². The van der Waals surface area contributed by atoms with Crippen molar-refractivity contribution in [3.05, 3.63) is 40.1 Å². The van der Waals surface area contributed by atoms with Crippen LogP contribution in [0.5, 0.6) is 0 Å². The summed E-state index contributed by atoms with van der Waals surface area (Å²) in [4.78, 5) is 36.7. The Morgan fingerprint density at radius 2 is 2.00 bits per heavy atom. The van der Waals surface area contributed by atoms with Gasteiger partial charge in [-0.1, -0.05) is 0 Å². The molecule has 4 heterocycles. The Morgan fingerprint density at radius 3 is 2.73 bits per heavy atom. The number of imidazole rings is 1. The van der Waals surface area contributed by atoms with Crippen LogP contribution in [-0.4, -0.2) is 50.2 Å². The summed E-state index contributed by atoms with van der Waals surface area (Å²) < 4.78 is 1.86. The van der Waals surface area contributed by atoms with Crippen LogP contribution in [0.15, 0.2) is 29.5 Å². The van der Waals surface area contributed by atoms with Gasteiger partial charge >= 0.3 is 0 Å². The zero-order chi connectivity index (χ0) is 17.7. The molecule has 2 aliphatic rings. The third-order valence-corrected chi connectivity index (χ3v) is 7.02. The summed E-state index contributed by atoms with van der Waals surface area (Å²) in [6.45, 7) is 1.53. The highest BCUT2D eigenvalue weighted by Crippen LogP contribution is 2.39. The van der Waals surface area contributed by atoms with Gasteiger partial charge in [-0.25, -0.2) is 4.98 Å². The highest BCUT2D eigenvalue weighted by atomic mass is 32.1. The van der Waals surface area contributed by atoms with Crippen LogP contribution in [-0.2, 0) is 0 Å². The molecule has 3 aromatic heterocycles. The van der Waals surface area contributed by atoms with E-state index in [9.17, 15) is 9.59 Å². The van der Waals surface area contributed by atoms with Crippen LogP contribution in [0.2, 0.25) is 0 Å². The van der Waals surface area contributed by atoms with E-state index in [1.165, 1.54) is 22.7 Å². The Morgan fingerprint density at radius 1 is 1.19 bits per heavy atom. The third kappa shape index (κ3) is 2.62. The van der Waals surface area contributed by atoms with Gasteiger partial charge in [0.25, 0.3) is 11.8 Å². The maximum Gasteiger partial charge on any atom is 0.271 e. The third-order valence-electron chi connectivity index (χ3n) is 5.39. The van der Waals surface area contributed by atoms with Crippen molar-refractivity contribution in [1.82, 2.24) is 24.6 Å². The number of carbonyl (C=O) groups excluding carboxylic acids is 2. The van der Waals surface area contributed by atoms with Crippen molar-refractivity contribution in [2.45, 2.75) is 18.9 Å². The predicted octanol–water partition coefficient (Wildman–Crippen LogP) is 2.13. The van der Waals surface area contributed by atoms with Crippen LogP contribution in [0.4, 0.5) is 0 Å². The van der Waals surface area contributed by atoms with Crippen molar-refractivity contribution in [3.63, 3.8) is 0 Å². The first-order valence-corrected chi connectivity index (χ1v) is 10.3. The Bertz CT molecular complexity index is 949. The average molecular weight is 387 g/mol. The van der Waals surface area contributed by atoms with Gasteiger partial charge in [0.1, 0.15) is 10.6 Å². The highest BCUT2D eigenvalue weighted by molar-refractivity contribution is 7.15. The van der Waals surface area contributed by atoms with Gasteiger partial charge in [-0.2, -0.15) is 0 Å². The SMILES string of the molecule is O=C(NC1CC2CN(C(=O)c3csc4nccn34)CC2C1)c1cncs1. The van der Waals surface area contributed by atoms with Crippen LogP contribution in [0.1, 0.15) is 33.0 Å². The van der Waals surface area contributed by atoms with Gasteiger partial charge in [0.05, 0.1) is 11.7 Å². The lowest BCUT2D eigenvalue weighted by Gasteiger charge is -2.19. The maximum absolute atomic E-state index is 12.9. The topological polar surface area (TPSA) is 79.6 Å². The summed E-state index contributed by atoms with van der Waals surface area (Å²) in [6, 6.07) is 0.193. The Balaban J connectivity index is 1.22. The second-order valence-corrected chi connectivity index (χ2v) is 8.66. The van der Waals surface area contributed by atoms with Gasteiger partial charge in [-0.3, -0.25) is 19.0 Å². The van der Waals surface area contributed by atoms with E-state index in [0.29, 0.717) is 22.4 Å². The molecule has 1 aliphatic carbocycles. The summed E-state index contributed by atoms with van der Waals surface area (Å²) in [6.07, 6.45) is 7.03. The number of nitrogens with one attached hydrogen (secondary N) is 1. The standard InChI is InChI=1S/C17H17N5O2S2/c23-15(14-5-18-9-26-14)20-12-3-10-6-21(7-11(10)4-12)16(24)13-8-25-17-19-1-2-22(13)17/h1-2,5,8-12H,3-4,6-7H2,(H,20,23). The monoisotopic (exact) mass is 387 g/mol. The second kappa shape index (κ2) is 6.17. The van der Waals surface area contributed by atoms with Crippen molar-refractivity contribution in [2.24, 2.45) is 11.8 Å². The normalized spacial score (nSPS) is 24.9. The van der Waals surface area contributed by atoms with Gasteiger partial charge in [0, 0.05) is 36.9 Å². The molecule has 1 aliphatic heterocycles. The van der Waals surface area contributed by atoms with Crippen LogP contribution in [0.3, 0.4) is 0 Å². The molecule has 0 radical (unpaired) electrons. The fourth-order valence-corrected chi connectivity index (χ4v) is 5.56. The Hall–Kier alpha value is -2.26. The molecule has 2 fully saturated rings. The van der Waals surface area contributed by atoms with E-state index in [1.807, 2.05) is 20.9 Å². The zero-order valence-corrected chi connectivity index (χ0v) is 15.5. The van der Waals surface area contributed by atoms with Crippen LogP contribution in [0, 0.1) is 11.8 Å². The molecule has 134 valence electrons. The molecule has 7 nitrogen and oxygen atoms in total. The molecule has 1 saturated heterocycles. The van der Waals surface area contributed by atoms with E-state index in [-0.39, 0.29) is 17.9 Å². The summed E-state index contributed by atoms with van der Waals surface area (Å²) in [5, 5.41) is 5.01. The van der Waals surface area contributed by atoms with Gasteiger partial charge in [-0.15, -0.1) is 22.7 Å². The molecule has 9 heteroatoms. The fraction of sp³-hybridized carbons (Fsp3) is 0.412. The Kier molecular flexibility index (Phi) is 3.79. The summed E-state index contributed by atoms with van der Waals surface area (Å²) >= 11 is 2.85. The van der Waals surface area contributed by atoms with Gasteiger partial charge < -0.3 is 10.2 Å². The second-order valence-electron chi connectivity index (χ2n) is 6.94. The quantitative estimate of drug-likeness (QED) is 0.747. The minimum absolute atomic E-state index is 0.0359. The molecule has 0 bridgehead atoms. The van der Waals surface area contributed by atoms with E-state index in [1.54, 1.807) is 17.9 Å². The smallest absolute Gasteiger partial charge is 0.271 e. The minimum atomic E-state index is -0.0359. The lowest BCUT2D eigenvalue weighted by atomic mass is 10.0. The summed E-state index contributed by atoms with van der Waals surface area (Å²) in [7, 11) is 0. The summed E-state index contributed by atoms with van der Waals surface area (Å²) in [5.41, 5.74) is 2.36. The molecular formula is C17H17N5O2S2. The van der Waals surface area contributed by atoms with E-state index in [0.717, 1.165) is 30.9 Å². The first-order valence-electron chi connectivity index (χ1n) is 8.58. The van der Waals surface area contributed by atoms with Gasteiger partial charge in [0.2, 0.25) is 0 Å². The molecule has 0 aromatic carbocycles. The number of likely N-dealkylation sites (tertiary alicyclic amines) is 1. The fourth-order valence-electron chi connectivity index (χ4n) is 4.21. The molecule has 1 saturated carbocycles. The zero-order valence-electron chi connectivity index (χ0n) is 13.9. The van der Waals surface area contributed by atoms with E-state index < -0.39 is 0 Å². The maximum atomic E-state index is 12.9. The van der Waals surface area contributed by atoms with Crippen molar-refractivity contribution < 1.29 is 9.59 Å². The molecule has 2 unspecified atom stereocenters. The van der Waals surface area contributed by atoms with E-state index in [4.69, 9.17) is 0 Å². The molecule has 2 amide bonds. The highest BCUT2D eigenvalue weighted by Gasteiger charge is 2.43. The van der Waals surface area contributed by atoms with E-state index in [2.05, 4.69) is 15.3 Å². The average Bonchev–Trinajstić information content (AvgIpc) is 3.37. The number of thiazole rings is 2. The van der Waals surface area contributed by atoms with Crippen LogP contribution in [0.25, 0.3) is 4.96 Å². The number of hydrogen-bond donors (Lipinski definition) is 1. The number of nitrogens with zero attached hydrogens (tertiary/aromatic N) is 4. The minimum Gasteiger partial charge on any atom is -0.349 e. The molecular weight excluding hydrogens is 370 g/mol. The molecule has 2 atom stereocenters. The van der Waals surface area contributed by atoms with Gasteiger partial charge in [-0.05, 0) is 24.7 Å². The lowest BCUT2D eigenvalue weighted by molar-refractivity contribution is 0.0769. The number of carbonyl (C=O) groups is 2. The van der Waals surface area contributed by atoms with Crippen molar-refractivity contribution in [1.29, 1.82) is 0 Å². The molecule has 3 aromatic rings. The van der Waals surface area contributed by atoms with Crippen LogP contribution >= 0.6 is 22.7 Å². The van der Waals surface area contributed by atoms with Crippen LogP contribution < -0.4 is 5.32 Å². The lowest BCUT2D eigenvalue weighted by Crippen LogP contribution is -2.36. The van der Waals surface area contributed by atoms with E-state index >= 15 is 0 Å². The number of hydrogen-bond acceptors (Lipinski definition) is 6. The first kappa shape index (κ1) is 16.0. The molecule has 26 heavy (non-hydrogen) atoms. The number of aromatic nitrogens is 3. The molecule has 5 rings (SSSR count). The molecule has 1 N–H and O–H groups in total.